The summed E-state index contributed by atoms with van der Waals surface area (Å²) in [6, 6.07) is 3.50. The Morgan fingerprint density at radius 2 is 2.00 bits per heavy atom. The Balaban J connectivity index is 1.74. The van der Waals surface area contributed by atoms with Gasteiger partial charge in [-0.1, -0.05) is 12.8 Å². The van der Waals surface area contributed by atoms with Crippen molar-refractivity contribution in [2.75, 3.05) is 13.2 Å². The Bertz CT molecular complexity index is 447. The molecule has 5 heteroatoms. The predicted molar refractivity (Wildman–Crippen MR) is 72.7 cm³/mol. The van der Waals surface area contributed by atoms with Gasteiger partial charge >= 0.3 is 0 Å². The van der Waals surface area contributed by atoms with E-state index in [1.807, 2.05) is 6.92 Å². The molecular weight excluding hydrogens is 264 g/mol. The molecule has 1 atom stereocenters. The van der Waals surface area contributed by atoms with Crippen molar-refractivity contribution in [1.29, 1.82) is 0 Å². The Morgan fingerprint density at radius 3 is 2.65 bits per heavy atom. The second-order valence-electron chi connectivity index (χ2n) is 5.60. The highest BCUT2D eigenvalue weighted by Gasteiger charge is 2.30. The number of hydrogen-bond acceptors (Lipinski definition) is 3. The highest BCUT2D eigenvalue weighted by atomic mass is 19.2. The van der Waals surface area contributed by atoms with E-state index in [-0.39, 0.29) is 6.04 Å². The molecule has 0 spiro atoms. The first-order valence-electron chi connectivity index (χ1n) is 7.02. The van der Waals surface area contributed by atoms with Crippen molar-refractivity contribution in [3.8, 4) is 5.75 Å². The third kappa shape index (κ3) is 4.15. The predicted octanol–water partition coefficient (Wildman–Crippen LogP) is 2.63. The largest absolute Gasteiger partial charge is 0.492 e. The number of hydrogen-bond donors (Lipinski definition) is 2. The number of benzene rings is 1. The third-order valence-corrected chi connectivity index (χ3v) is 3.70. The van der Waals surface area contributed by atoms with Crippen LogP contribution in [0.15, 0.2) is 18.2 Å². The molecule has 3 nitrogen and oxygen atoms in total. The lowest BCUT2D eigenvalue weighted by atomic mass is 10.0. The first-order valence-corrected chi connectivity index (χ1v) is 7.02. The van der Waals surface area contributed by atoms with Gasteiger partial charge in [0, 0.05) is 18.7 Å². The van der Waals surface area contributed by atoms with Gasteiger partial charge in [-0.3, -0.25) is 0 Å². The molecular formula is C15H21F2NO2. The van der Waals surface area contributed by atoms with Gasteiger partial charge in [0.2, 0.25) is 0 Å². The summed E-state index contributed by atoms with van der Waals surface area (Å²) in [5, 5.41) is 13.4. The van der Waals surface area contributed by atoms with Crippen molar-refractivity contribution >= 4 is 0 Å². The van der Waals surface area contributed by atoms with E-state index in [9.17, 15) is 13.9 Å². The van der Waals surface area contributed by atoms with Crippen molar-refractivity contribution in [3.63, 3.8) is 0 Å². The van der Waals surface area contributed by atoms with Crippen LogP contribution in [0.25, 0.3) is 0 Å². The van der Waals surface area contributed by atoms with E-state index in [4.69, 9.17) is 4.74 Å². The van der Waals surface area contributed by atoms with E-state index < -0.39 is 17.2 Å². The average Bonchev–Trinajstić information content (AvgIpc) is 2.85. The van der Waals surface area contributed by atoms with Crippen LogP contribution >= 0.6 is 0 Å². The van der Waals surface area contributed by atoms with Crippen LogP contribution in [-0.4, -0.2) is 29.9 Å². The highest BCUT2D eigenvalue weighted by molar-refractivity contribution is 5.23. The zero-order valence-corrected chi connectivity index (χ0v) is 11.7. The molecule has 112 valence electrons. The first kappa shape index (κ1) is 15.2. The molecule has 1 saturated carbocycles. The van der Waals surface area contributed by atoms with Crippen LogP contribution in [0.1, 0.15) is 32.6 Å². The number of nitrogens with one attached hydrogen (secondary N) is 1. The maximum Gasteiger partial charge on any atom is 0.162 e. The van der Waals surface area contributed by atoms with Crippen molar-refractivity contribution in [3.05, 3.63) is 29.8 Å². The van der Waals surface area contributed by atoms with Crippen LogP contribution in [0, 0.1) is 11.6 Å². The van der Waals surface area contributed by atoms with Crippen molar-refractivity contribution in [2.24, 2.45) is 0 Å². The van der Waals surface area contributed by atoms with Gasteiger partial charge in [0.1, 0.15) is 12.4 Å². The number of halogens is 2. The Labute approximate surface area is 117 Å². The van der Waals surface area contributed by atoms with Gasteiger partial charge in [0.15, 0.2) is 11.6 Å². The lowest BCUT2D eigenvalue weighted by Gasteiger charge is -2.25. The summed E-state index contributed by atoms with van der Waals surface area (Å²) in [5.74, 6) is -1.49. The van der Waals surface area contributed by atoms with Gasteiger partial charge in [-0.25, -0.2) is 8.78 Å². The second kappa shape index (κ2) is 6.50. The zero-order valence-electron chi connectivity index (χ0n) is 11.7. The second-order valence-corrected chi connectivity index (χ2v) is 5.60. The van der Waals surface area contributed by atoms with Gasteiger partial charge in [-0.15, -0.1) is 0 Å². The van der Waals surface area contributed by atoms with Crippen LogP contribution in [0.4, 0.5) is 8.78 Å². The third-order valence-electron chi connectivity index (χ3n) is 3.70. The van der Waals surface area contributed by atoms with Gasteiger partial charge in [-0.05, 0) is 31.9 Å². The number of aliphatic hydroxyl groups is 1. The minimum atomic E-state index is -0.914. The Kier molecular flexibility index (Phi) is 4.94. The maximum absolute atomic E-state index is 13.0. The molecule has 1 aliphatic rings. The van der Waals surface area contributed by atoms with Gasteiger partial charge < -0.3 is 15.2 Å². The fourth-order valence-electron chi connectivity index (χ4n) is 2.42. The van der Waals surface area contributed by atoms with Gasteiger partial charge in [0.25, 0.3) is 0 Å². The Morgan fingerprint density at radius 1 is 1.30 bits per heavy atom. The topological polar surface area (TPSA) is 41.5 Å². The zero-order chi connectivity index (χ0) is 14.6. The van der Waals surface area contributed by atoms with E-state index >= 15 is 0 Å². The molecule has 0 saturated heterocycles. The van der Waals surface area contributed by atoms with Crippen LogP contribution < -0.4 is 10.1 Å². The van der Waals surface area contributed by atoms with Crippen LogP contribution in [0.2, 0.25) is 0 Å². The molecule has 0 aromatic heterocycles. The van der Waals surface area contributed by atoms with Gasteiger partial charge in [-0.2, -0.15) is 0 Å². The summed E-state index contributed by atoms with van der Waals surface area (Å²) in [6.07, 6.45) is 3.79. The molecule has 1 fully saturated rings. The van der Waals surface area contributed by atoms with Crippen LogP contribution in [-0.2, 0) is 0 Å². The molecule has 1 aromatic rings. The molecule has 0 bridgehead atoms. The van der Waals surface area contributed by atoms with E-state index in [1.165, 1.54) is 6.07 Å². The maximum atomic E-state index is 13.0. The number of rotatable bonds is 6. The lowest BCUT2D eigenvalue weighted by Crippen LogP contribution is -2.43. The highest BCUT2D eigenvalue weighted by Crippen LogP contribution is 2.28. The van der Waals surface area contributed by atoms with Gasteiger partial charge in [0.05, 0.1) is 5.60 Å². The van der Waals surface area contributed by atoms with Crippen LogP contribution in [0.5, 0.6) is 5.75 Å². The molecule has 1 aromatic carbocycles. The SMILES string of the molecule is CC(COc1ccc(F)c(F)c1)NCC1(O)CCCC1. The van der Waals surface area contributed by atoms with Crippen molar-refractivity contribution < 1.29 is 18.6 Å². The molecule has 2 rings (SSSR count). The van der Waals surface area contributed by atoms with E-state index in [0.29, 0.717) is 18.9 Å². The first-order chi connectivity index (χ1) is 9.48. The number of ether oxygens (including phenoxy) is 1. The minimum absolute atomic E-state index is 0.0211. The summed E-state index contributed by atoms with van der Waals surface area (Å²) in [4.78, 5) is 0. The van der Waals surface area contributed by atoms with Crippen LogP contribution in [0.3, 0.4) is 0 Å². The Hall–Kier alpha value is -1.20. The van der Waals surface area contributed by atoms with E-state index in [0.717, 1.165) is 37.8 Å². The monoisotopic (exact) mass is 285 g/mol. The molecule has 0 heterocycles. The fraction of sp³-hybridized carbons (Fsp3) is 0.600. The molecule has 2 N–H and O–H groups in total. The summed E-state index contributed by atoms with van der Waals surface area (Å²) in [5.41, 5.74) is -0.601. The van der Waals surface area contributed by atoms with Crippen molar-refractivity contribution in [2.45, 2.75) is 44.2 Å². The minimum Gasteiger partial charge on any atom is -0.492 e. The molecule has 0 aliphatic heterocycles. The normalized spacial score (nSPS) is 19.0. The molecule has 20 heavy (non-hydrogen) atoms. The average molecular weight is 285 g/mol. The molecule has 1 aliphatic carbocycles. The standard InChI is InChI=1S/C15H21F2NO2/c1-11(18-10-15(19)6-2-3-7-15)9-20-12-4-5-13(16)14(17)8-12/h4-5,8,11,18-19H,2-3,6-7,9-10H2,1H3. The molecule has 1 unspecified atom stereocenters. The molecule has 0 radical (unpaired) electrons. The molecule has 0 amide bonds. The smallest absolute Gasteiger partial charge is 0.162 e. The van der Waals surface area contributed by atoms with E-state index in [1.54, 1.807) is 0 Å². The summed E-state index contributed by atoms with van der Waals surface area (Å²) in [6.45, 7) is 2.80. The summed E-state index contributed by atoms with van der Waals surface area (Å²) < 4.78 is 31.2. The lowest BCUT2D eigenvalue weighted by molar-refractivity contribution is 0.0436. The van der Waals surface area contributed by atoms with E-state index in [2.05, 4.69) is 5.32 Å². The summed E-state index contributed by atoms with van der Waals surface area (Å²) >= 11 is 0. The quantitative estimate of drug-likeness (QED) is 0.844. The summed E-state index contributed by atoms with van der Waals surface area (Å²) in [7, 11) is 0. The van der Waals surface area contributed by atoms with Crippen molar-refractivity contribution in [1.82, 2.24) is 5.32 Å². The fourth-order valence-corrected chi connectivity index (χ4v) is 2.42.